The predicted molar refractivity (Wildman–Crippen MR) is 72.2 cm³/mol. The molecule has 2 aromatic rings. The van der Waals surface area contributed by atoms with Gasteiger partial charge in [-0.15, -0.1) is 11.6 Å². The fourth-order valence-corrected chi connectivity index (χ4v) is 1.92. The smallest absolute Gasteiger partial charge is 0.184 e. The van der Waals surface area contributed by atoms with E-state index in [0.29, 0.717) is 11.6 Å². The SMILES string of the molecule is Cc1cc(CCl)ccc1Oc1cccc(Cl)c1F. The first-order valence-electron chi connectivity index (χ1n) is 5.39. The van der Waals surface area contributed by atoms with Crippen LogP contribution in [-0.4, -0.2) is 0 Å². The minimum Gasteiger partial charge on any atom is -0.454 e. The molecule has 0 aromatic heterocycles. The molecule has 1 nitrogen and oxygen atoms in total. The van der Waals surface area contributed by atoms with Crippen LogP contribution >= 0.6 is 23.2 Å². The molecule has 0 aliphatic heterocycles. The Hall–Kier alpha value is -1.25. The number of rotatable bonds is 3. The molecule has 4 heteroatoms. The molecule has 0 saturated heterocycles. The van der Waals surface area contributed by atoms with Crippen molar-refractivity contribution in [1.29, 1.82) is 0 Å². The third-order valence-corrected chi connectivity index (χ3v) is 3.13. The molecule has 0 radical (unpaired) electrons. The first kappa shape index (κ1) is 13.2. The Labute approximate surface area is 115 Å². The van der Waals surface area contributed by atoms with Crippen LogP contribution in [-0.2, 0) is 5.88 Å². The van der Waals surface area contributed by atoms with Crippen LogP contribution in [0.15, 0.2) is 36.4 Å². The van der Waals surface area contributed by atoms with Crippen LogP contribution in [0, 0.1) is 12.7 Å². The zero-order valence-electron chi connectivity index (χ0n) is 9.71. The second-order valence-corrected chi connectivity index (χ2v) is 4.56. The quantitative estimate of drug-likeness (QED) is 0.693. The zero-order valence-corrected chi connectivity index (χ0v) is 11.2. The van der Waals surface area contributed by atoms with Crippen molar-refractivity contribution in [3.8, 4) is 11.5 Å². The van der Waals surface area contributed by atoms with E-state index in [0.717, 1.165) is 11.1 Å². The topological polar surface area (TPSA) is 9.23 Å². The molecule has 0 bridgehead atoms. The van der Waals surface area contributed by atoms with E-state index in [9.17, 15) is 4.39 Å². The van der Waals surface area contributed by atoms with Crippen molar-refractivity contribution in [3.05, 3.63) is 58.4 Å². The number of alkyl halides is 1. The Balaban J connectivity index is 2.31. The summed E-state index contributed by atoms with van der Waals surface area (Å²) in [5, 5.41) is 0.0440. The highest BCUT2D eigenvalue weighted by Gasteiger charge is 2.09. The molecule has 94 valence electrons. The van der Waals surface area contributed by atoms with Crippen molar-refractivity contribution in [1.82, 2.24) is 0 Å². The van der Waals surface area contributed by atoms with Gasteiger partial charge in [0.05, 0.1) is 5.02 Å². The molecule has 0 unspecified atom stereocenters. The molecule has 0 spiro atoms. The van der Waals surface area contributed by atoms with Crippen molar-refractivity contribution in [2.24, 2.45) is 0 Å². The monoisotopic (exact) mass is 284 g/mol. The second kappa shape index (κ2) is 5.59. The number of hydrogen-bond acceptors (Lipinski definition) is 1. The minimum absolute atomic E-state index is 0.0440. The number of benzene rings is 2. The highest BCUT2D eigenvalue weighted by atomic mass is 35.5. The van der Waals surface area contributed by atoms with Gasteiger partial charge in [-0.2, -0.15) is 0 Å². The number of hydrogen-bond donors (Lipinski definition) is 0. The summed E-state index contributed by atoms with van der Waals surface area (Å²) in [5.74, 6) is 0.585. The van der Waals surface area contributed by atoms with Gasteiger partial charge in [-0.25, -0.2) is 4.39 Å². The molecule has 0 amide bonds. The van der Waals surface area contributed by atoms with E-state index in [-0.39, 0.29) is 10.8 Å². The Morgan fingerprint density at radius 1 is 1.17 bits per heavy atom. The average molecular weight is 285 g/mol. The second-order valence-electron chi connectivity index (χ2n) is 3.89. The molecule has 2 rings (SSSR count). The lowest BCUT2D eigenvalue weighted by molar-refractivity contribution is 0.439. The molecule has 0 heterocycles. The number of ether oxygens (including phenoxy) is 1. The Kier molecular flexibility index (Phi) is 4.10. The lowest BCUT2D eigenvalue weighted by Crippen LogP contribution is -1.92. The fourth-order valence-electron chi connectivity index (χ4n) is 1.59. The van der Waals surface area contributed by atoms with E-state index in [2.05, 4.69) is 0 Å². The lowest BCUT2D eigenvalue weighted by Gasteiger charge is -2.10. The van der Waals surface area contributed by atoms with E-state index in [1.807, 2.05) is 19.1 Å². The third kappa shape index (κ3) is 2.77. The first-order chi connectivity index (χ1) is 8.61. The van der Waals surface area contributed by atoms with Crippen LogP contribution in [0.3, 0.4) is 0 Å². The minimum atomic E-state index is -0.556. The summed E-state index contributed by atoms with van der Waals surface area (Å²) >= 11 is 11.4. The largest absolute Gasteiger partial charge is 0.454 e. The van der Waals surface area contributed by atoms with Gasteiger partial charge < -0.3 is 4.74 Å². The lowest BCUT2D eigenvalue weighted by atomic mass is 10.1. The summed E-state index contributed by atoms with van der Waals surface area (Å²) in [6.45, 7) is 1.88. The standard InChI is InChI=1S/C14H11Cl2FO/c1-9-7-10(8-15)5-6-12(9)18-13-4-2-3-11(16)14(13)17/h2-7H,8H2,1H3. The Bertz CT molecular complexity index is 570. The van der Waals surface area contributed by atoms with Gasteiger partial charge >= 0.3 is 0 Å². The third-order valence-electron chi connectivity index (χ3n) is 2.53. The zero-order chi connectivity index (χ0) is 13.1. The molecule has 0 atom stereocenters. The van der Waals surface area contributed by atoms with E-state index in [1.165, 1.54) is 12.1 Å². The van der Waals surface area contributed by atoms with Crippen molar-refractivity contribution in [2.45, 2.75) is 12.8 Å². The summed E-state index contributed by atoms with van der Waals surface area (Å²) in [4.78, 5) is 0. The maximum atomic E-state index is 13.7. The highest BCUT2D eigenvalue weighted by molar-refractivity contribution is 6.30. The molecule has 18 heavy (non-hydrogen) atoms. The van der Waals surface area contributed by atoms with Gasteiger partial charge in [-0.3, -0.25) is 0 Å². The van der Waals surface area contributed by atoms with Gasteiger partial charge in [-0.1, -0.05) is 29.8 Å². The van der Waals surface area contributed by atoms with Crippen LogP contribution in [0.5, 0.6) is 11.5 Å². The van der Waals surface area contributed by atoms with Crippen LogP contribution in [0.25, 0.3) is 0 Å². The number of aryl methyl sites for hydroxylation is 1. The highest BCUT2D eigenvalue weighted by Crippen LogP contribution is 2.30. The molecule has 0 saturated carbocycles. The summed E-state index contributed by atoms with van der Waals surface area (Å²) in [6.07, 6.45) is 0. The summed E-state index contributed by atoms with van der Waals surface area (Å²) < 4.78 is 19.2. The van der Waals surface area contributed by atoms with E-state index in [1.54, 1.807) is 12.1 Å². The summed E-state index contributed by atoms with van der Waals surface area (Å²) in [6, 6.07) is 10.2. The average Bonchev–Trinajstić information content (AvgIpc) is 2.37. The summed E-state index contributed by atoms with van der Waals surface area (Å²) in [7, 11) is 0. The Morgan fingerprint density at radius 2 is 1.94 bits per heavy atom. The first-order valence-corrected chi connectivity index (χ1v) is 6.30. The van der Waals surface area contributed by atoms with Gasteiger partial charge in [0.1, 0.15) is 5.75 Å². The Morgan fingerprint density at radius 3 is 2.61 bits per heavy atom. The summed E-state index contributed by atoms with van der Waals surface area (Å²) in [5.41, 5.74) is 1.89. The van der Waals surface area contributed by atoms with Crippen molar-refractivity contribution >= 4 is 23.2 Å². The van der Waals surface area contributed by atoms with Gasteiger partial charge in [0.15, 0.2) is 11.6 Å². The predicted octanol–water partition coefficient (Wildman–Crippen LogP) is 5.32. The van der Waals surface area contributed by atoms with Crippen LogP contribution in [0.2, 0.25) is 5.02 Å². The molecule has 0 N–H and O–H groups in total. The molecule has 2 aromatic carbocycles. The van der Waals surface area contributed by atoms with E-state index in [4.69, 9.17) is 27.9 Å². The van der Waals surface area contributed by atoms with Crippen LogP contribution < -0.4 is 4.74 Å². The molecule has 0 fully saturated rings. The van der Waals surface area contributed by atoms with Gasteiger partial charge in [0.2, 0.25) is 0 Å². The van der Waals surface area contributed by atoms with E-state index < -0.39 is 5.82 Å². The van der Waals surface area contributed by atoms with E-state index >= 15 is 0 Å². The van der Waals surface area contributed by atoms with Crippen LogP contribution in [0.4, 0.5) is 4.39 Å². The van der Waals surface area contributed by atoms with Gasteiger partial charge in [-0.05, 0) is 36.2 Å². The molecular formula is C14H11Cl2FO. The van der Waals surface area contributed by atoms with Crippen molar-refractivity contribution < 1.29 is 9.13 Å². The van der Waals surface area contributed by atoms with Crippen molar-refractivity contribution in [3.63, 3.8) is 0 Å². The van der Waals surface area contributed by atoms with Crippen molar-refractivity contribution in [2.75, 3.05) is 0 Å². The van der Waals surface area contributed by atoms with Crippen LogP contribution in [0.1, 0.15) is 11.1 Å². The number of halogens is 3. The molecule has 0 aliphatic carbocycles. The molecule has 0 aliphatic rings. The normalized spacial score (nSPS) is 10.4. The fraction of sp³-hybridized carbons (Fsp3) is 0.143. The van der Waals surface area contributed by atoms with Gasteiger partial charge in [0.25, 0.3) is 0 Å². The van der Waals surface area contributed by atoms with Gasteiger partial charge in [0, 0.05) is 5.88 Å². The maximum Gasteiger partial charge on any atom is 0.184 e. The molecular weight excluding hydrogens is 274 g/mol. The maximum absolute atomic E-state index is 13.7.